The van der Waals surface area contributed by atoms with Crippen molar-refractivity contribution >= 4 is 23.3 Å². The maximum Gasteiger partial charge on any atom is 0.408 e. The minimum absolute atomic E-state index is 0.358. The number of carbonyl (C=O) groups excluding carboxylic acids is 1. The Kier molecular flexibility index (Phi) is 4.02. The summed E-state index contributed by atoms with van der Waals surface area (Å²) in [5.41, 5.74) is 1.29. The molecule has 0 aliphatic carbocycles. The van der Waals surface area contributed by atoms with Gasteiger partial charge in [0, 0.05) is 29.1 Å². The minimum Gasteiger partial charge on any atom is -0.465 e. The molecule has 5 heteroatoms. The van der Waals surface area contributed by atoms with Gasteiger partial charge in [0.1, 0.15) is 6.29 Å². The van der Waals surface area contributed by atoms with Gasteiger partial charge in [-0.2, -0.15) is 0 Å². The number of aromatic amines is 1. The van der Waals surface area contributed by atoms with Gasteiger partial charge in [0.15, 0.2) is 0 Å². The van der Waals surface area contributed by atoms with E-state index in [4.69, 9.17) is 0 Å². The number of hydrogen-bond acceptors (Lipinski definition) is 2. The SMILES string of the molecule is CC(C)(C)N(C(=O)O)[C@H](C=O)Cc1c[nH]c2ccccc12. The Balaban J connectivity index is 2.34. The molecule has 0 fully saturated rings. The molecule has 0 unspecified atom stereocenters. The molecule has 1 heterocycles. The van der Waals surface area contributed by atoms with Gasteiger partial charge in [0.2, 0.25) is 0 Å². The van der Waals surface area contributed by atoms with Crippen molar-refractivity contribution in [2.24, 2.45) is 0 Å². The number of aldehydes is 1. The molecule has 0 bridgehead atoms. The zero-order valence-electron chi connectivity index (χ0n) is 12.5. The highest BCUT2D eigenvalue weighted by Gasteiger charge is 2.33. The highest BCUT2D eigenvalue weighted by atomic mass is 16.4. The number of carbonyl (C=O) groups is 2. The molecule has 0 aliphatic rings. The van der Waals surface area contributed by atoms with Crippen LogP contribution >= 0.6 is 0 Å². The number of carboxylic acid groups (broad SMARTS) is 1. The summed E-state index contributed by atoms with van der Waals surface area (Å²) >= 11 is 0. The van der Waals surface area contributed by atoms with Crippen LogP contribution in [-0.4, -0.2) is 39.0 Å². The molecular weight excluding hydrogens is 268 g/mol. The number of benzene rings is 1. The zero-order valence-corrected chi connectivity index (χ0v) is 12.5. The number of hydrogen-bond donors (Lipinski definition) is 2. The van der Waals surface area contributed by atoms with E-state index in [1.807, 2.05) is 30.5 Å². The Bertz CT molecular complexity index is 655. The second-order valence-electron chi connectivity index (χ2n) is 6.09. The summed E-state index contributed by atoms with van der Waals surface area (Å²) in [7, 11) is 0. The second-order valence-corrected chi connectivity index (χ2v) is 6.09. The monoisotopic (exact) mass is 288 g/mol. The number of nitrogens with one attached hydrogen (secondary N) is 1. The summed E-state index contributed by atoms with van der Waals surface area (Å²) < 4.78 is 0. The molecule has 2 rings (SSSR count). The number of nitrogens with zero attached hydrogens (tertiary/aromatic N) is 1. The van der Waals surface area contributed by atoms with E-state index >= 15 is 0 Å². The predicted molar refractivity (Wildman–Crippen MR) is 81.5 cm³/mol. The minimum atomic E-state index is -1.08. The van der Waals surface area contributed by atoms with E-state index in [-0.39, 0.29) is 0 Å². The van der Waals surface area contributed by atoms with Gasteiger partial charge < -0.3 is 14.9 Å². The van der Waals surface area contributed by atoms with E-state index < -0.39 is 17.7 Å². The first-order valence-electron chi connectivity index (χ1n) is 6.87. The molecule has 0 saturated heterocycles. The van der Waals surface area contributed by atoms with Crippen molar-refractivity contribution in [2.75, 3.05) is 0 Å². The average molecular weight is 288 g/mol. The normalized spacial score (nSPS) is 13.1. The quantitative estimate of drug-likeness (QED) is 0.849. The van der Waals surface area contributed by atoms with Crippen LogP contribution in [-0.2, 0) is 11.2 Å². The number of fused-ring (bicyclic) bond motifs is 1. The highest BCUT2D eigenvalue weighted by molar-refractivity contribution is 5.84. The number of rotatable bonds is 4. The standard InChI is InChI=1S/C16H20N2O3/c1-16(2,3)18(15(20)21)12(10-19)8-11-9-17-14-7-5-4-6-13(11)14/h4-7,9-10,12,17H,8H2,1-3H3,(H,20,21)/t12-/m0/s1. The van der Waals surface area contributed by atoms with Crippen molar-refractivity contribution in [1.29, 1.82) is 0 Å². The number of H-pyrrole nitrogens is 1. The molecule has 0 saturated carbocycles. The van der Waals surface area contributed by atoms with Crippen molar-refractivity contribution < 1.29 is 14.7 Å². The van der Waals surface area contributed by atoms with E-state index in [1.165, 1.54) is 4.90 Å². The maximum absolute atomic E-state index is 11.5. The molecule has 1 aromatic heterocycles. The van der Waals surface area contributed by atoms with Crippen LogP contribution in [0.5, 0.6) is 0 Å². The van der Waals surface area contributed by atoms with Crippen LogP contribution in [0.15, 0.2) is 30.5 Å². The van der Waals surface area contributed by atoms with Gasteiger partial charge in [-0.1, -0.05) is 18.2 Å². The van der Waals surface area contributed by atoms with Gasteiger partial charge in [0.25, 0.3) is 0 Å². The van der Waals surface area contributed by atoms with E-state index in [9.17, 15) is 14.7 Å². The fourth-order valence-electron chi connectivity index (χ4n) is 2.65. The van der Waals surface area contributed by atoms with Crippen molar-refractivity contribution in [1.82, 2.24) is 9.88 Å². The molecular formula is C16H20N2O3. The third kappa shape index (κ3) is 3.07. The summed E-state index contributed by atoms with van der Waals surface area (Å²) in [6, 6.07) is 7.06. The van der Waals surface area contributed by atoms with Crippen LogP contribution < -0.4 is 0 Å². The van der Waals surface area contributed by atoms with E-state index in [2.05, 4.69) is 4.98 Å². The Morgan fingerprint density at radius 2 is 2.05 bits per heavy atom. The third-order valence-electron chi connectivity index (χ3n) is 3.52. The summed E-state index contributed by atoms with van der Waals surface area (Å²) in [6.07, 6.45) is 1.82. The van der Waals surface area contributed by atoms with Gasteiger partial charge in [-0.15, -0.1) is 0 Å². The summed E-state index contributed by atoms with van der Waals surface area (Å²) in [6.45, 7) is 5.35. The molecule has 1 aromatic carbocycles. The molecule has 1 atom stereocenters. The summed E-state index contributed by atoms with van der Waals surface area (Å²) in [5, 5.41) is 10.4. The zero-order chi connectivity index (χ0) is 15.6. The lowest BCUT2D eigenvalue weighted by molar-refractivity contribution is -0.113. The Morgan fingerprint density at radius 3 is 2.62 bits per heavy atom. The third-order valence-corrected chi connectivity index (χ3v) is 3.52. The van der Waals surface area contributed by atoms with Crippen LogP contribution in [0, 0.1) is 0 Å². The molecule has 21 heavy (non-hydrogen) atoms. The summed E-state index contributed by atoms with van der Waals surface area (Å²) in [4.78, 5) is 27.3. The molecule has 1 amide bonds. The number of amides is 1. The lowest BCUT2D eigenvalue weighted by Gasteiger charge is -2.37. The Morgan fingerprint density at radius 1 is 1.38 bits per heavy atom. The van der Waals surface area contributed by atoms with E-state index in [0.717, 1.165) is 16.5 Å². The second kappa shape index (κ2) is 5.60. The Labute approximate surface area is 123 Å². The van der Waals surface area contributed by atoms with Gasteiger partial charge >= 0.3 is 6.09 Å². The van der Waals surface area contributed by atoms with Crippen LogP contribution in [0.4, 0.5) is 4.79 Å². The predicted octanol–water partition coefficient (Wildman–Crippen LogP) is 3.06. The fraction of sp³-hybridized carbons (Fsp3) is 0.375. The smallest absolute Gasteiger partial charge is 0.408 e. The van der Waals surface area contributed by atoms with Crippen molar-refractivity contribution in [2.45, 2.75) is 38.8 Å². The largest absolute Gasteiger partial charge is 0.465 e. The first kappa shape index (κ1) is 15.1. The lowest BCUT2D eigenvalue weighted by Crippen LogP contribution is -2.52. The first-order chi connectivity index (χ1) is 9.84. The van der Waals surface area contributed by atoms with Crippen molar-refractivity contribution in [3.63, 3.8) is 0 Å². The topological polar surface area (TPSA) is 73.4 Å². The molecule has 0 aliphatic heterocycles. The van der Waals surface area contributed by atoms with Crippen molar-refractivity contribution in [3.8, 4) is 0 Å². The number of para-hydroxylation sites is 1. The summed E-state index contributed by atoms with van der Waals surface area (Å²) in [5.74, 6) is 0. The van der Waals surface area contributed by atoms with Gasteiger partial charge in [0.05, 0.1) is 6.04 Å². The van der Waals surface area contributed by atoms with Crippen LogP contribution in [0.1, 0.15) is 26.3 Å². The molecule has 2 N–H and O–H groups in total. The first-order valence-corrected chi connectivity index (χ1v) is 6.87. The van der Waals surface area contributed by atoms with Crippen molar-refractivity contribution in [3.05, 3.63) is 36.0 Å². The lowest BCUT2D eigenvalue weighted by atomic mass is 9.99. The van der Waals surface area contributed by atoms with Gasteiger partial charge in [-0.05, 0) is 32.4 Å². The molecule has 0 spiro atoms. The fourth-order valence-corrected chi connectivity index (χ4v) is 2.65. The number of aromatic nitrogens is 1. The average Bonchev–Trinajstić information content (AvgIpc) is 2.79. The highest BCUT2D eigenvalue weighted by Crippen LogP contribution is 2.23. The van der Waals surface area contributed by atoms with Gasteiger partial charge in [-0.3, -0.25) is 4.90 Å². The van der Waals surface area contributed by atoms with Crippen LogP contribution in [0.2, 0.25) is 0 Å². The molecule has 0 radical (unpaired) electrons. The van der Waals surface area contributed by atoms with E-state index in [0.29, 0.717) is 12.7 Å². The molecule has 112 valence electrons. The Hall–Kier alpha value is -2.30. The maximum atomic E-state index is 11.5. The molecule has 5 nitrogen and oxygen atoms in total. The van der Waals surface area contributed by atoms with E-state index in [1.54, 1.807) is 20.8 Å². The van der Waals surface area contributed by atoms with Crippen LogP contribution in [0.25, 0.3) is 10.9 Å². The molecule has 2 aromatic rings. The van der Waals surface area contributed by atoms with Crippen LogP contribution in [0.3, 0.4) is 0 Å². The van der Waals surface area contributed by atoms with Gasteiger partial charge in [-0.25, -0.2) is 4.79 Å².